The molecule has 2 heterocycles. The smallest absolute Gasteiger partial charge is 0.128 e. The summed E-state index contributed by atoms with van der Waals surface area (Å²) in [5.74, 6) is 0. The molecule has 0 saturated carbocycles. The Labute approximate surface area is 105 Å². The number of ether oxygens (including phenoxy) is 1. The first-order valence-corrected chi connectivity index (χ1v) is 6.74. The zero-order valence-corrected chi connectivity index (χ0v) is 11.5. The van der Waals surface area contributed by atoms with Crippen LogP contribution in [0.4, 0.5) is 0 Å². The third-order valence-electron chi connectivity index (χ3n) is 4.17. The molecule has 2 aliphatic rings. The summed E-state index contributed by atoms with van der Waals surface area (Å²) in [6.07, 6.45) is 0. The molecule has 2 aliphatic heterocycles. The first-order valence-electron chi connectivity index (χ1n) is 6.74. The molecule has 2 rings (SSSR count). The Morgan fingerprint density at radius 3 is 2.18 bits per heavy atom. The van der Waals surface area contributed by atoms with Gasteiger partial charge in [-0.15, -0.1) is 0 Å². The second-order valence-electron chi connectivity index (χ2n) is 6.03. The van der Waals surface area contributed by atoms with Gasteiger partial charge in [0.25, 0.3) is 0 Å². The lowest BCUT2D eigenvalue weighted by Crippen LogP contribution is -2.71. The number of hydrogen-bond acceptors (Lipinski definition) is 4. The van der Waals surface area contributed by atoms with E-state index in [1.807, 2.05) is 0 Å². The van der Waals surface area contributed by atoms with Crippen LogP contribution in [0.1, 0.15) is 27.7 Å². The molecule has 0 aromatic carbocycles. The second kappa shape index (κ2) is 4.84. The molecule has 0 amide bonds. The Hall–Kier alpha value is -0.160. The standard InChI is InChI=1S/C13H26N2O2/c1-10(2)14-5-6-15(11(3)4)12(7-14)13(16)8-17-9-13/h10-12,16H,5-9H2,1-4H3/t12-/m1/s1. The monoisotopic (exact) mass is 242 g/mol. The summed E-state index contributed by atoms with van der Waals surface area (Å²) >= 11 is 0. The topological polar surface area (TPSA) is 35.9 Å². The quantitative estimate of drug-likeness (QED) is 0.784. The summed E-state index contributed by atoms with van der Waals surface area (Å²) in [4.78, 5) is 4.89. The molecular weight excluding hydrogens is 216 g/mol. The first-order chi connectivity index (χ1) is 7.94. The maximum absolute atomic E-state index is 10.6. The average Bonchev–Trinajstić information content (AvgIpc) is 2.24. The SMILES string of the molecule is CC(C)N1CCN(C(C)C)[C@@H](C2(O)COC2)C1. The van der Waals surface area contributed by atoms with Gasteiger partial charge >= 0.3 is 0 Å². The van der Waals surface area contributed by atoms with Crippen molar-refractivity contribution in [2.75, 3.05) is 32.8 Å². The van der Waals surface area contributed by atoms with Gasteiger partial charge in [0.2, 0.25) is 0 Å². The van der Waals surface area contributed by atoms with Crippen LogP contribution >= 0.6 is 0 Å². The lowest BCUT2D eigenvalue weighted by Gasteiger charge is -2.53. The molecule has 0 aliphatic carbocycles. The lowest BCUT2D eigenvalue weighted by molar-refractivity contribution is -0.224. The third-order valence-corrected chi connectivity index (χ3v) is 4.17. The minimum absolute atomic E-state index is 0.215. The van der Waals surface area contributed by atoms with Gasteiger partial charge in [-0.1, -0.05) is 0 Å². The van der Waals surface area contributed by atoms with Gasteiger partial charge in [0, 0.05) is 31.7 Å². The molecule has 100 valence electrons. The maximum Gasteiger partial charge on any atom is 0.128 e. The van der Waals surface area contributed by atoms with E-state index in [-0.39, 0.29) is 6.04 Å². The largest absolute Gasteiger partial charge is 0.383 e. The fourth-order valence-electron chi connectivity index (χ4n) is 2.89. The van der Waals surface area contributed by atoms with Crippen molar-refractivity contribution in [3.8, 4) is 0 Å². The fourth-order valence-corrected chi connectivity index (χ4v) is 2.89. The van der Waals surface area contributed by atoms with Crippen LogP contribution in [0.3, 0.4) is 0 Å². The van der Waals surface area contributed by atoms with Gasteiger partial charge in [0.05, 0.1) is 19.3 Å². The highest BCUT2D eigenvalue weighted by Gasteiger charge is 2.49. The van der Waals surface area contributed by atoms with Crippen LogP contribution in [0.25, 0.3) is 0 Å². The molecule has 4 heteroatoms. The van der Waals surface area contributed by atoms with E-state index in [9.17, 15) is 5.11 Å². The Kier molecular flexibility index (Phi) is 3.78. The average molecular weight is 242 g/mol. The molecule has 1 atom stereocenters. The van der Waals surface area contributed by atoms with Crippen molar-refractivity contribution in [2.24, 2.45) is 0 Å². The maximum atomic E-state index is 10.6. The highest BCUT2D eigenvalue weighted by molar-refractivity contribution is 5.02. The van der Waals surface area contributed by atoms with Crippen molar-refractivity contribution in [2.45, 2.75) is 51.4 Å². The minimum atomic E-state index is -0.627. The number of aliphatic hydroxyl groups is 1. The van der Waals surface area contributed by atoms with Gasteiger partial charge in [0.15, 0.2) is 0 Å². The number of piperazine rings is 1. The Morgan fingerprint density at radius 2 is 1.76 bits per heavy atom. The van der Waals surface area contributed by atoms with Crippen molar-refractivity contribution >= 4 is 0 Å². The normalized spacial score (nSPS) is 30.9. The van der Waals surface area contributed by atoms with Gasteiger partial charge in [0.1, 0.15) is 5.60 Å². The molecule has 0 radical (unpaired) electrons. The van der Waals surface area contributed by atoms with Crippen LogP contribution < -0.4 is 0 Å². The zero-order valence-electron chi connectivity index (χ0n) is 11.5. The molecule has 4 nitrogen and oxygen atoms in total. The van der Waals surface area contributed by atoms with Gasteiger partial charge in [-0.2, -0.15) is 0 Å². The molecule has 0 aromatic heterocycles. The van der Waals surface area contributed by atoms with Crippen LogP contribution in [0, 0.1) is 0 Å². The van der Waals surface area contributed by atoms with Crippen LogP contribution in [0.15, 0.2) is 0 Å². The first kappa shape index (κ1) is 13.3. The molecule has 0 unspecified atom stereocenters. The molecular formula is C13H26N2O2. The predicted octanol–water partition coefficient (Wildman–Crippen LogP) is 0.551. The van der Waals surface area contributed by atoms with Crippen molar-refractivity contribution in [3.63, 3.8) is 0 Å². The fraction of sp³-hybridized carbons (Fsp3) is 1.00. The minimum Gasteiger partial charge on any atom is -0.383 e. The van der Waals surface area contributed by atoms with Gasteiger partial charge in [-0.25, -0.2) is 0 Å². The summed E-state index contributed by atoms with van der Waals surface area (Å²) in [5, 5.41) is 10.6. The van der Waals surface area contributed by atoms with Gasteiger partial charge in [-0.3, -0.25) is 9.80 Å². The van der Waals surface area contributed by atoms with E-state index in [4.69, 9.17) is 4.74 Å². The van der Waals surface area contributed by atoms with Crippen molar-refractivity contribution < 1.29 is 9.84 Å². The van der Waals surface area contributed by atoms with E-state index < -0.39 is 5.60 Å². The summed E-state index contributed by atoms with van der Waals surface area (Å²) in [6.45, 7) is 13.0. The van der Waals surface area contributed by atoms with E-state index >= 15 is 0 Å². The Morgan fingerprint density at radius 1 is 1.12 bits per heavy atom. The Balaban J connectivity index is 2.10. The van der Waals surface area contributed by atoms with Crippen LogP contribution in [-0.2, 0) is 4.74 Å². The van der Waals surface area contributed by atoms with Crippen LogP contribution in [-0.4, -0.2) is 71.5 Å². The highest BCUT2D eigenvalue weighted by Crippen LogP contribution is 2.29. The second-order valence-corrected chi connectivity index (χ2v) is 6.03. The van der Waals surface area contributed by atoms with E-state index in [2.05, 4.69) is 37.5 Å². The molecule has 0 bridgehead atoms. The number of hydrogen-bond donors (Lipinski definition) is 1. The van der Waals surface area contributed by atoms with Crippen LogP contribution in [0.5, 0.6) is 0 Å². The summed E-state index contributed by atoms with van der Waals surface area (Å²) in [7, 11) is 0. The van der Waals surface area contributed by atoms with E-state index in [1.54, 1.807) is 0 Å². The zero-order chi connectivity index (χ0) is 12.6. The van der Waals surface area contributed by atoms with E-state index in [0.717, 1.165) is 19.6 Å². The lowest BCUT2D eigenvalue weighted by atomic mass is 9.88. The van der Waals surface area contributed by atoms with Gasteiger partial charge in [-0.05, 0) is 27.7 Å². The molecule has 17 heavy (non-hydrogen) atoms. The summed E-state index contributed by atoms with van der Waals surface area (Å²) in [5.41, 5.74) is -0.627. The Bertz CT molecular complexity index is 264. The van der Waals surface area contributed by atoms with E-state index in [1.165, 1.54) is 0 Å². The summed E-state index contributed by atoms with van der Waals surface area (Å²) in [6, 6.07) is 1.25. The molecule has 0 spiro atoms. The third kappa shape index (κ3) is 2.50. The molecule has 1 N–H and O–H groups in total. The molecule has 2 saturated heterocycles. The number of rotatable bonds is 3. The van der Waals surface area contributed by atoms with Crippen molar-refractivity contribution in [3.05, 3.63) is 0 Å². The van der Waals surface area contributed by atoms with E-state index in [0.29, 0.717) is 25.3 Å². The predicted molar refractivity (Wildman–Crippen MR) is 68.1 cm³/mol. The molecule has 2 fully saturated rings. The van der Waals surface area contributed by atoms with Gasteiger partial charge < -0.3 is 9.84 Å². The van der Waals surface area contributed by atoms with Crippen molar-refractivity contribution in [1.29, 1.82) is 0 Å². The van der Waals surface area contributed by atoms with Crippen molar-refractivity contribution in [1.82, 2.24) is 9.80 Å². The molecule has 0 aromatic rings. The summed E-state index contributed by atoms with van der Waals surface area (Å²) < 4.78 is 5.22. The van der Waals surface area contributed by atoms with Crippen LogP contribution in [0.2, 0.25) is 0 Å². The highest BCUT2D eigenvalue weighted by atomic mass is 16.5. The number of nitrogens with zero attached hydrogens (tertiary/aromatic N) is 2.